The van der Waals surface area contributed by atoms with Crippen LogP contribution in [0, 0.1) is 5.92 Å². The highest BCUT2D eigenvalue weighted by atomic mass is 19.4. The molecular weight excluding hydrogens is 535 g/mol. The van der Waals surface area contributed by atoms with Crippen LogP contribution < -0.4 is 15.5 Å². The van der Waals surface area contributed by atoms with Crippen molar-refractivity contribution in [1.29, 1.82) is 0 Å². The first kappa shape index (κ1) is 29.6. The van der Waals surface area contributed by atoms with E-state index < -0.39 is 23.8 Å². The lowest BCUT2D eigenvalue weighted by atomic mass is 9.92. The third-order valence-corrected chi connectivity index (χ3v) is 7.21. The number of rotatable bonds is 8. The number of hydrogen-bond donors (Lipinski definition) is 2. The molecule has 0 saturated carbocycles. The molecule has 1 unspecified atom stereocenters. The molecule has 10 heteroatoms. The van der Waals surface area contributed by atoms with Gasteiger partial charge in [0.05, 0.1) is 12.7 Å². The smallest absolute Gasteiger partial charge is 0.416 e. The van der Waals surface area contributed by atoms with Crippen LogP contribution in [0.25, 0.3) is 11.1 Å². The summed E-state index contributed by atoms with van der Waals surface area (Å²) in [6.45, 7) is 3.14. The van der Waals surface area contributed by atoms with Crippen LogP contribution in [-0.4, -0.2) is 44.0 Å². The number of ether oxygens (including phenoxy) is 1. The molecule has 1 fully saturated rings. The molecule has 1 aliphatic heterocycles. The maximum Gasteiger partial charge on any atom is 0.416 e. The van der Waals surface area contributed by atoms with Gasteiger partial charge >= 0.3 is 12.1 Å². The molecule has 2 N–H and O–H groups in total. The van der Waals surface area contributed by atoms with Crippen molar-refractivity contribution < 1.29 is 32.3 Å². The number of anilines is 2. The van der Waals surface area contributed by atoms with E-state index >= 15 is 0 Å². The van der Waals surface area contributed by atoms with Gasteiger partial charge in [0.2, 0.25) is 5.91 Å². The fraction of sp³-hybridized carbons (Fsp3) is 0.323. The van der Waals surface area contributed by atoms with E-state index in [1.807, 2.05) is 24.3 Å². The van der Waals surface area contributed by atoms with Crippen molar-refractivity contribution in [2.45, 2.75) is 38.4 Å². The standard InChI is InChI=1S/C31H32F3N3O4/c1-20(30(40)41-2)35-28(38)19-21-15-17-37(18-16-21)25-13-11-24(12-14-25)36-29(39)27-6-4-3-5-26(27)22-7-9-23(10-8-22)31(32,33)34/h3-14,20-21H,15-19H2,1-2H3,(H,35,38)(H,36,39). The fourth-order valence-electron chi connectivity index (χ4n) is 4.92. The van der Waals surface area contributed by atoms with Gasteiger partial charge in [0.15, 0.2) is 0 Å². The number of nitrogens with one attached hydrogen (secondary N) is 2. The maximum absolute atomic E-state index is 13.1. The zero-order valence-electron chi connectivity index (χ0n) is 22.8. The van der Waals surface area contributed by atoms with Crippen LogP contribution in [0.2, 0.25) is 0 Å². The number of hydrogen-bond acceptors (Lipinski definition) is 5. The molecule has 0 bridgehead atoms. The zero-order chi connectivity index (χ0) is 29.6. The third-order valence-electron chi connectivity index (χ3n) is 7.21. The Kier molecular flexibility index (Phi) is 9.31. The second kappa shape index (κ2) is 12.9. The summed E-state index contributed by atoms with van der Waals surface area (Å²) in [6.07, 6.45) is -2.41. The second-order valence-corrected chi connectivity index (χ2v) is 10.1. The van der Waals surface area contributed by atoms with Gasteiger partial charge in [-0.25, -0.2) is 4.79 Å². The van der Waals surface area contributed by atoms with E-state index in [0.717, 1.165) is 43.8 Å². The van der Waals surface area contributed by atoms with Crippen LogP contribution in [0.1, 0.15) is 42.1 Å². The van der Waals surface area contributed by atoms with E-state index in [1.54, 1.807) is 31.2 Å². The molecule has 0 spiro atoms. The summed E-state index contributed by atoms with van der Waals surface area (Å²) in [5.41, 5.74) is 2.24. The Hall–Kier alpha value is -4.34. The molecule has 0 radical (unpaired) electrons. The summed E-state index contributed by atoms with van der Waals surface area (Å²) in [5, 5.41) is 5.55. The maximum atomic E-state index is 13.1. The highest BCUT2D eigenvalue weighted by molar-refractivity contribution is 6.08. The number of alkyl halides is 3. The number of esters is 1. The van der Waals surface area contributed by atoms with E-state index in [4.69, 9.17) is 0 Å². The van der Waals surface area contributed by atoms with Gasteiger partial charge in [-0.15, -0.1) is 0 Å². The molecule has 1 saturated heterocycles. The van der Waals surface area contributed by atoms with Crippen LogP contribution in [0.15, 0.2) is 72.8 Å². The van der Waals surface area contributed by atoms with Gasteiger partial charge in [-0.3, -0.25) is 9.59 Å². The molecule has 1 heterocycles. The number of carbonyl (C=O) groups excluding carboxylic acids is 3. The number of nitrogens with zero attached hydrogens (tertiary/aromatic N) is 1. The summed E-state index contributed by atoms with van der Waals surface area (Å²) in [6, 6.07) is 18.3. The molecule has 41 heavy (non-hydrogen) atoms. The summed E-state index contributed by atoms with van der Waals surface area (Å²) in [4.78, 5) is 39.1. The summed E-state index contributed by atoms with van der Waals surface area (Å²) in [7, 11) is 1.28. The number of piperidine rings is 1. The van der Waals surface area contributed by atoms with Gasteiger partial charge in [0.25, 0.3) is 5.91 Å². The zero-order valence-corrected chi connectivity index (χ0v) is 22.8. The van der Waals surface area contributed by atoms with E-state index in [-0.39, 0.29) is 17.7 Å². The Labute approximate surface area is 236 Å². The van der Waals surface area contributed by atoms with Crippen molar-refractivity contribution in [2.75, 3.05) is 30.4 Å². The van der Waals surface area contributed by atoms with Crippen molar-refractivity contribution in [3.05, 3.63) is 83.9 Å². The number of benzene rings is 3. The molecule has 7 nitrogen and oxygen atoms in total. The Morgan fingerprint density at radius 3 is 2.20 bits per heavy atom. The molecule has 4 rings (SSSR count). The first-order chi connectivity index (χ1) is 19.5. The van der Waals surface area contributed by atoms with Gasteiger partial charge in [-0.1, -0.05) is 30.3 Å². The fourth-order valence-corrected chi connectivity index (χ4v) is 4.92. The predicted octanol–water partition coefficient (Wildman–Crippen LogP) is 5.91. The normalized spacial score (nSPS) is 14.7. The quantitative estimate of drug-likeness (QED) is 0.331. The molecule has 0 aromatic heterocycles. The van der Waals surface area contributed by atoms with Gasteiger partial charge in [-0.2, -0.15) is 13.2 Å². The van der Waals surface area contributed by atoms with Crippen molar-refractivity contribution in [3.63, 3.8) is 0 Å². The minimum atomic E-state index is -4.43. The van der Waals surface area contributed by atoms with Crippen molar-refractivity contribution in [1.82, 2.24) is 5.32 Å². The Balaban J connectivity index is 1.33. The molecule has 3 aromatic carbocycles. The van der Waals surface area contributed by atoms with Crippen molar-refractivity contribution in [2.24, 2.45) is 5.92 Å². The largest absolute Gasteiger partial charge is 0.467 e. The van der Waals surface area contributed by atoms with Crippen LogP contribution in [0.3, 0.4) is 0 Å². The second-order valence-electron chi connectivity index (χ2n) is 10.1. The van der Waals surface area contributed by atoms with Gasteiger partial charge in [0, 0.05) is 36.4 Å². The van der Waals surface area contributed by atoms with Gasteiger partial charge in [-0.05, 0) is 79.3 Å². The van der Waals surface area contributed by atoms with Crippen molar-refractivity contribution >= 4 is 29.2 Å². The van der Waals surface area contributed by atoms with E-state index in [9.17, 15) is 27.6 Å². The van der Waals surface area contributed by atoms with Crippen LogP contribution >= 0.6 is 0 Å². The van der Waals surface area contributed by atoms with E-state index in [1.165, 1.54) is 19.2 Å². The number of carbonyl (C=O) groups is 3. The highest BCUT2D eigenvalue weighted by Gasteiger charge is 2.30. The van der Waals surface area contributed by atoms with Crippen LogP contribution in [-0.2, 0) is 20.5 Å². The highest BCUT2D eigenvalue weighted by Crippen LogP contribution is 2.32. The average Bonchev–Trinajstić information content (AvgIpc) is 2.97. The molecule has 1 atom stereocenters. The van der Waals surface area contributed by atoms with E-state index in [2.05, 4.69) is 20.3 Å². The Morgan fingerprint density at radius 2 is 1.59 bits per heavy atom. The minimum absolute atomic E-state index is 0.165. The molecule has 3 aromatic rings. The topological polar surface area (TPSA) is 87.7 Å². The minimum Gasteiger partial charge on any atom is -0.467 e. The third kappa shape index (κ3) is 7.65. The lowest BCUT2D eigenvalue weighted by Crippen LogP contribution is -2.41. The summed E-state index contributed by atoms with van der Waals surface area (Å²) >= 11 is 0. The molecule has 0 aliphatic carbocycles. The number of methoxy groups -OCH3 is 1. The van der Waals surface area contributed by atoms with Gasteiger partial charge < -0.3 is 20.3 Å². The Bertz CT molecular complexity index is 1370. The van der Waals surface area contributed by atoms with Crippen LogP contribution in [0.4, 0.5) is 24.5 Å². The molecule has 216 valence electrons. The summed E-state index contributed by atoms with van der Waals surface area (Å²) in [5.74, 6) is -0.786. The van der Waals surface area contributed by atoms with Crippen molar-refractivity contribution in [3.8, 4) is 11.1 Å². The lowest BCUT2D eigenvalue weighted by Gasteiger charge is -2.33. The first-order valence-corrected chi connectivity index (χ1v) is 13.4. The van der Waals surface area contributed by atoms with Crippen LogP contribution in [0.5, 0.6) is 0 Å². The molecule has 2 amide bonds. The van der Waals surface area contributed by atoms with E-state index in [0.29, 0.717) is 28.8 Å². The SMILES string of the molecule is COC(=O)C(C)NC(=O)CC1CCN(c2ccc(NC(=O)c3ccccc3-c3ccc(C(F)(F)F)cc3)cc2)CC1. The summed E-state index contributed by atoms with van der Waals surface area (Å²) < 4.78 is 43.5. The number of halogens is 3. The molecule has 1 aliphatic rings. The first-order valence-electron chi connectivity index (χ1n) is 13.4. The predicted molar refractivity (Wildman–Crippen MR) is 150 cm³/mol. The van der Waals surface area contributed by atoms with Gasteiger partial charge in [0.1, 0.15) is 6.04 Å². The lowest BCUT2D eigenvalue weighted by molar-refractivity contribution is -0.144. The number of amides is 2. The average molecular weight is 568 g/mol. The molecular formula is C31H32F3N3O4. The monoisotopic (exact) mass is 567 g/mol. The Morgan fingerprint density at radius 1 is 0.951 bits per heavy atom.